The van der Waals surface area contributed by atoms with Crippen LogP contribution in [-0.4, -0.2) is 19.1 Å². The van der Waals surface area contributed by atoms with Crippen molar-refractivity contribution >= 4 is 54.6 Å². The van der Waals surface area contributed by atoms with Crippen molar-refractivity contribution in [3.8, 4) is 34.0 Å². The van der Waals surface area contributed by atoms with Crippen molar-refractivity contribution in [2.75, 3.05) is 0 Å². The quantitative estimate of drug-likeness (QED) is 0.156. The molecule has 11 rings (SSSR count). The van der Waals surface area contributed by atoms with Gasteiger partial charge in [0, 0.05) is 34.1 Å². The number of alkyl halides is 2. The smallest absolute Gasteiger partial charge is 0.656 e. The number of halogens is 2. The fourth-order valence-electron chi connectivity index (χ4n) is 9.18. The second-order valence-electron chi connectivity index (χ2n) is 18.9. The minimum Gasteiger partial charge on any atom is -0.656 e. The summed E-state index contributed by atoms with van der Waals surface area (Å²) in [4.78, 5) is 15.6. The minimum atomic E-state index is -3.22. The van der Waals surface area contributed by atoms with E-state index in [1.807, 2.05) is 28.8 Å². The third-order valence-electron chi connectivity index (χ3n) is 12.7. The van der Waals surface area contributed by atoms with Crippen LogP contribution in [-0.2, 0) is 37.8 Å². The summed E-state index contributed by atoms with van der Waals surface area (Å²) in [6.07, 6.45) is 1.73. The summed E-state index contributed by atoms with van der Waals surface area (Å²) in [6.45, 7) is 13.4. The van der Waals surface area contributed by atoms with Crippen LogP contribution in [0, 0.1) is 6.07 Å². The van der Waals surface area contributed by atoms with E-state index < -0.39 is 5.92 Å². The molecule has 0 aliphatic rings. The molecule has 0 N–H and O–H groups in total. The summed E-state index contributed by atoms with van der Waals surface area (Å²) in [7, 11) is 0. The Bertz CT molecular complexity index is 3590. The first-order valence-corrected chi connectivity index (χ1v) is 21.7. The first-order chi connectivity index (χ1) is 30.8. The van der Waals surface area contributed by atoms with Crippen molar-refractivity contribution in [1.82, 2.24) is 24.1 Å². The number of benzene rings is 7. The number of imidazole rings is 1. The molecule has 65 heavy (non-hydrogen) atoms. The molecular formula is C57H45F2N5Pt. The SMILES string of the molecule is CC(C)(C)c1ccc(-n2c(-c3cccc4c3[n-]c3ccccc34)nc3c(-c4[c-]c5c(cc4)c4ccc(C(F)(F)c6ccccc6)cc4n5-c4ccccn4)cc(C(C)(C)C)cc32)cc1.[Pt+2]. The van der Waals surface area contributed by atoms with Crippen LogP contribution < -0.4 is 4.98 Å². The summed E-state index contributed by atoms with van der Waals surface area (Å²) in [5.41, 5.74) is 10.6. The Hall–Kier alpha value is -6.69. The third-order valence-corrected chi connectivity index (χ3v) is 12.7. The van der Waals surface area contributed by atoms with Gasteiger partial charge in [-0.2, -0.15) is 8.78 Å². The molecule has 0 unspecified atom stereocenters. The standard InChI is InChI=1S/C57H45F2N5.Pt/c1-55(2,3)36-23-26-40(27-24-36)63-50-34-39(56(4,5)6)32-46(53(50)62-54(63)45-19-14-18-44-41-17-10-11-20-47(41)61-52(44)45)35-22-28-42-43-29-25-38(57(58,59)37-15-8-7-9-16-37)33-49(43)64(48(42)31-35)51-21-12-13-30-60-51;/h7-30,32-34H,1-6H3;/q-2;+2. The van der Waals surface area contributed by atoms with E-state index in [9.17, 15) is 0 Å². The minimum absolute atomic E-state index is 0. The molecule has 11 aromatic rings. The largest absolute Gasteiger partial charge is 2.00 e. The number of pyridine rings is 1. The van der Waals surface area contributed by atoms with E-state index >= 15 is 8.78 Å². The summed E-state index contributed by atoms with van der Waals surface area (Å²) in [6, 6.07) is 54.5. The van der Waals surface area contributed by atoms with Crippen molar-refractivity contribution in [3.05, 3.63) is 192 Å². The summed E-state index contributed by atoms with van der Waals surface area (Å²) >= 11 is 0. The van der Waals surface area contributed by atoms with Gasteiger partial charge >= 0.3 is 21.1 Å². The Kier molecular flexibility index (Phi) is 10.1. The van der Waals surface area contributed by atoms with Crippen LogP contribution in [0.15, 0.2) is 164 Å². The van der Waals surface area contributed by atoms with Gasteiger partial charge in [0.15, 0.2) is 0 Å². The van der Waals surface area contributed by atoms with Crippen molar-refractivity contribution in [1.29, 1.82) is 0 Å². The average molecular weight is 1030 g/mol. The zero-order valence-corrected chi connectivity index (χ0v) is 39.2. The van der Waals surface area contributed by atoms with Crippen molar-refractivity contribution in [3.63, 3.8) is 0 Å². The van der Waals surface area contributed by atoms with E-state index in [0.29, 0.717) is 11.3 Å². The molecule has 0 atom stereocenters. The maximum Gasteiger partial charge on any atom is 2.00 e. The topological polar surface area (TPSA) is 49.7 Å². The van der Waals surface area contributed by atoms with Gasteiger partial charge in [-0.05, 0) is 80.0 Å². The Morgan fingerprint density at radius 3 is 1.95 bits per heavy atom. The van der Waals surface area contributed by atoms with Gasteiger partial charge < -0.3 is 9.55 Å². The van der Waals surface area contributed by atoms with E-state index in [4.69, 9.17) is 15.0 Å². The Morgan fingerprint density at radius 2 is 1.22 bits per heavy atom. The first kappa shape index (κ1) is 42.3. The van der Waals surface area contributed by atoms with Gasteiger partial charge in [-0.15, -0.1) is 34.8 Å². The molecule has 0 saturated heterocycles. The normalized spacial score (nSPS) is 12.5. The zero-order valence-electron chi connectivity index (χ0n) is 36.9. The van der Waals surface area contributed by atoms with Crippen LogP contribution in [0.5, 0.6) is 0 Å². The number of nitrogens with zero attached hydrogens (tertiary/aromatic N) is 5. The number of para-hydroxylation sites is 2. The molecule has 4 heterocycles. The molecular weight excluding hydrogens is 988 g/mol. The first-order valence-electron chi connectivity index (χ1n) is 21.7. The van der Waals surface area contributed by atoms with E-state index in [1.165, 1.54) is 23.8 Å². The molecule has 0 aliphatic carbocycles. The van der Waals surface area contributed by atoms with Crippen LogP contribution >= 0.6 is 0 Å². The second-order valence-corrected chi connectivity index (χ2v) is 18.9. The fraction of sp³-hybridized carbons (Fsp3) is 0.158. The van der Waals surface area contributed by atoms with Crippen molar-refractivity contribution in [2.45, 2.75) is 58.3 Å². The maximum atomic E-state index is 16.2. The molecule has 0 aliphatic heterocycles. The van der Waals surface area contributed by atoms with Gasteiger partial charge in [-0.1, -0.05) is 162 Å². The van der Waals surface area contributed by atoms with E-state index in [-0.39, 0.29) is 43.0 Å². The Labute approximate surface area is 391 Å². The number of hydrogen-bond acceptors (Lipinski definition) is 2. The van der Waals surface area contributed by atoms with Gasteiger partial charge in [0.1, 0.15) is 11.6 Å². The number of aromatic nitrogens is 5. The fourth-order valence-corrected chi connectivity index (χ4v) is 9.18. The molecule has 5 nitrogen and oxygen atoms in total. The van der Waals surface area contributed by atoms with Crippen molar-refractivity contribution < 1.29 is 29.8 Å². The number of hydrogen-bond donors (Lipinski definition) is 0. The Morgan fingerprint density at radius 1 is 0.538 bits per heavy atom. The van der Waals surface area contributed by atoms with Gasteiger partial charge in [-0.25, -0.2) is 9.97 Å². The molecule has 0 bridgehead atoms. The zero-order chi connectivity index (χ0) is 44.1. The monoisotopic (exact) mass is 1030 g/mol. The van der Waals surface area contributed by atoms with Crippen LogP contribution in [0.1, 0.15) is 63.8 Å². The Balaban J connectivity index is 0.00000498. The molecule has 0 fully saturated rings. The molecule has 0 saturated carbocycles. The molecule has 8 heteroatoms. The van der Waals surface area contributed by atoms with Gasteiger partial charge in [0.05, 0.1) is 11.0 Å². The van der Waals surface area contributed by atoms with E-state index in [2.05, 4.69) is 137 Å². The van der Waals surface area contributed by atoms with Crippen molar-refractivity contribution in [2.24, 2.45) is 0 Å². The predicted molar refractivity (Wildman–Crippen MR) is 258 cm³/mol. The van der Waals surface area contributed by atoms with E-state index in [0.717, 1.165) is 82.9 Å². The predicted octanol–water partition coefficient (Wildman–Crippen LogP) is 14.6. The maximum absolute atomic E-state index is 16.2. The van der Waals surface area contributed by atoms with Gasteiger partial charge in [0.25, 0.3) is 5.92 Å². The number of rotatable bonds is 6. The molecule has 0 amide bonds. The molecule has 7 aromatic carbocycles. The van der Waals surface area contributed by atoms with Gasteiger partial charge in [0.2, 0.25) is 0 Å². The number of fused-ring (bicyclic) bond motifs is 7. The molecule has 0 spiro atoms. The third kappa shape index (κ3) is 7.00. The second kappa shape index (κ2) is 15.5. The molecule has 0 radical (unpaired) electrons. The summed E-state index contributed by atoms with van der Waals surface area (Å²) in [5, 5.41) is 3.90. The van der Waals surface area contributed by atoms with Crippen LogP contribution in [0.3, 0.4) is 0 Å². The molecule has 322 valence electrons. The van der Waals surface area contributed by atoms with Crippen LogP contribution in [0.2, 0.25) is 0 Å². The average Bonchev–Trinajstić information content (AvgIpc) is 3.98. The molecule has 4 aromatic heterocycles. The summed E-state index contributed by atoms with van der Waals surface area (Å²) < 4.78 is 36.7. The van der Waals surface area contributed by atoms with Crippen LogP contribution in [0.4, 0.5) is 8.78 Å². The van der Waals surface area contributed by atoms with E-state index in [1.54, 1.807) is 36.5 Å². The van der Waals surface area contributed by atoms with Crippen LogP contribution in [0.25, 0.3) is 88.7 Å². The van der Waals surface area contributed by atoms with Gasteiger partial charge in [-0.3, -0.25) is 4.57 Å². The summed E-state index contributed by atoms with van der Waals surface area (Å²) in [5.74, 6) is -1.82.